The van der Waals surface area contributed by atoms with Gasteiger partial charge in [0.1, 0.15) is 0 Å². The molecule has 1 aromatic carbocycles. The highest BCUT2D eigenvalue weighted by molar-refractivity contribution is 9.10. The van der Waals surface area contributed by atoms with Gasteiger partial charge in [-0.2, -0.15) is 0 Å². The molecule has 0 spiro atoms. The van der Waals surface area contributed by atoms with Crippen LogP contribution in [0.15, 0.2) is 22.7 Å². The van der Waals surface area contributed by atoms with Gasteiger partial charge in [-0.1, -0.05) is 6.07 Å². The fourth-order valence-electron chi connectivity index (χ4n) is 2.09. The van der Waals surface area contributed by atoms with E-state index in [4.69, 9.17) is 0 Å². The largest absolute Gasteiger partial charge is 0.345 e. The first-order valence-electron chi connectivity index (χ1n) is 6.39. The molecule has 2 rings (SSSR count). The topological polar surface area (TPSA) is 42.0 Å². The van der Waals surface area contributed by atoms with E-state index in [9.17, 15) is 4.79 Å². The van der Waals surface area contributed by atoms with E-state index in [2.05, 4.69) is 26.2 Å². The minimum Gasteiger partial charge on any atom is -0.345 e. The van der Waals surface area contributed by atoms with Crippen LogP contribution < -0.4 is 5.32 Å². The average Bonchev–Trinajstić information content (AvgIpc) is 2.68. The lowest BCUT2D eigenvalue weighted by molar-refractivity contribution is 0.0939. The summed E-state index contributed by atoms with van der Waals surface area (Å²) in [5.74, 6) is -0.0742. The summed E-state index contributed by atoms with van der Waals surface area (Å²) < 4.78 is 0.819. The van der Waals surface area contributed by atoms with E-state index in [1.54, 1.807) is 11.3 Å². The molecule has 0 saturated carbocycles. The Morgan fingerprint density at radius 1 is 1.35 bits per heavy atom. The predicted molar refractivity (Wildman–Crippen MR) is 86.3 cm³/mol. The van der Waals surface area contributed by atoms with Gasteiger partial charge in [-0.15, -0.1) is 11.3 Å². The Labute approximate surface area is 131 Å². The summed E-state index contributed by atoms with van der Waals surface area (Å²) >= 11 is 5.07. The number of rotatable bonds is 3. The highest BCUT2D eigenvalue weighted by Crippen LogP contribution is 2.25. The molecule has 20 heavy (non-hydrogen) atoms. The molecule has 3 nitrogen and oxygen atoms in total. The molecule has 1 N–H and O–H groups in total. The molecule has 0 bridgehead atoms. The Balaban J connectivity index is 2.17. The number of thiazole rings is 1. The van der Waals surface area contributed by atoms with E-state index in [-0.39, 0.29) is 11.9 Å². The molecule has 0 radical (unpaired) electrons. The summed E-state index contributed by atoms with van der Waals surface area (Å²) in [6.07, 6.45) is 0. The van der Waals surface area contributed by atoms with Crippen LogP contribution in [0.5, 0.6) is 0 Å². The van der Waals surface area contributed by atoms with Gasteiger partial charge in [-0.3, -0.25) is 4.79 Å². The maximum absolute atomic E-state index is 12.3. The van der Waals surface area contributed by atoms with Gasteiger partial charge in [0.05, 0.1) is 22.3 Å². The van der Waals surface area contributed by atoms with Crippen molar-refractivity contribution in [1.29, 1.82) is 0 Å². The molecule has 0 aliphatic heterocycles. The van der Waals surface area contributed by atoms with E-state index in [0.29, 0.717) is 5.56 Å². The van der Waals surface area contributed by atoms with Gasteiger partial charge in [0.2, 0.25) is 0 Å². The summed E-state index contributed by atoms with van der Waals surface area (Å²) in [6.45, 7) is 7.94. The zero-order valence-electron chi connectivity index (χ0n) is 12.0. The Morgan fingerprint density at radius 3 is 2.60 bits per heavy atom. The van der Waals surface area contributed by atoms with Crippen molar-refractivity contribution in [2.24, 2.45) is 0 Å². The molecule has 0 aliphatic rings. The first-order chi connectivity index (χ1) is 9.38. The molecule has 0 saturated heterocycles. The third-order valence-electron chi connectivity index (χ3n) is 3.05. The summed E-state index contributed by atoms with van der Waals surface area (Å²) in [6, 6.07) is 5.68. The fraction of sp³-hybridized carbons (Fsp3) is 0.333. The quantitative estimate of drug-likeness (QED) is 0.893. The Hall–Kier alpha value is -1.20. The number of benzene rings is 1. The van der Waals surface area contributed by atoms with Gasteiger partial charge in [-0.25, -0.2) is 4.98 Å². The number of hydrogen-bond donors (Lipinski definition) is 1. The van der Waals surface area contributed by atoms with Crippen molar-refractivity contribution in [1.82, 2.24) is 10.3 Å². The van der Waals surface area contributed by atoms with Crippen molar-refractivity contribution >= 4 is 33.2 Å². The van der Waals surface area contributed by atoms with E-state index < -0.39 is 0 Å². The molecular formula is C15H17BrN2OS. The Bertz CT molecular complexity index is 651. The second-order valence-corrected chi connectivity index (χ2v) is 6.95. The number of hydrogen-bond acceptors (Lipinski definition) is 3. The number of nitrogens with one attached hydrogen (secondary N) is 1. The van der Waals surface area contributed by atoms with Crippen LogP contribution in [0.2, 0.25) is 0 Å². The zero-order chi connectivity index (χ0) is 14.9. The maximum atomic E-state index is 12.3. The Morgan fingerprint density at radius 2 is 2.05 bits per heavy atom. The molecule has 1 atom stereocenters. The van der Waals surface area contributed by atoms with E-state index in [1.807, 2.05) is 45.9 Å². The molecular weight excluding hydrogens is 336 g/mol. The van der Waals surface area contributed by atoms with Crippen LogP contribution in [0.1, 0.15) is 44.5 Å². The van der Waals surface area contributed by atoms with E-state index >= 15 is 0 Å². The zero-order valence-corrected chi connectivity index (χ0v) is 14.4. The van der Waals surface area contributed by atoms with Gasteiger partial charge in [-0.05, 0) is 61.3 Å². The second kappa shape index (κ2) is 6.06. The molecule has 106 valence electrons. The van der Waals surface area contributed by atoms with Crippen LogP contribution in [0.4, 0.5) is 0 Å². The predicted octanol–water partition coefficient (Wildman–Crippen LogP) is 4.32. The number of halogens is 1. The fourth-order valence-corrected chi connectivity index (χ4v) is 3.70. The van der Waals surface area contributed by atoms with Crippen molar-refractivity contribution in [2.45, 2.75) is 33.7 Å². The lowest BCUT2D eigenvalue weighted by atomic mass is 10.1. The summed E-state index contributed by atoms with van der Waals surface area (Å²) in [4.78, 5) is 17.8. The number of nitrogens with zero attached hydrogens (tertiary/aromatic N) is 1. The van der Waals surface area contributed by atoms with Gasteiger partial charge in [0.15, 0.2) is 0 Å². The summed E-state index contributed by atoms with van der Waals surface area (Å²) in [7, 11) is 0. The third kappa shape index (κ3) is 3.27. The number of aromatic nitrogens is 1. The molecule has 5 heteroatoms. The number of aryl methyl sites for hydroxylation is 3. The van der Waals surface area contributed by atoms with Crippen LogP contribution in [0, 0.1) is 20.8 Å². The highest BCUT2D eigenvalue weighted by Gasteiger charge is 2.17. The van der Waals surface area contributed by atoms with Crippen LogP contribution >= 0.6 is 27.3 Å². The van der Waals surface area contributed by atoms with Crippen LogP contribution in [-0.4, -0.2) is 10.9 Å². The van der Waals surface area contributed by atoms with E-state index in [0.717, 1.165) is 25.6 Å². The standard InChI is InChI=1S/C15H17BrN2OS/c1-8-5-6-12(13(16)7-8)15(19)18-10(3)14-9(2)17-11(4)20-14/h5-7,10H,1-4H3,(H,18,19). The smallest absolute Gasteiger partial charge is 0.252 e. The minimum absolute atomic E-state index is 0.0399. The minimum atomic E-state index is -0.0742. The monoisotopic (exact) mass is 352 g/mol. The molecule has 1 unspecified atom stereocenters. The Kier molecular flexibility index (Phi) is 4.60. The van der Waals surface area contributed by atoms with Crippen LogP contribution in [0.25, 0.3) is 0 Å². The number of carbonyl (C=O) groups is 1. The van der Waals surface area contributed by atoms with Gasteiger partial charge in [0, 0.05) is 9.35 Å². The maximum Gasteiger partial charge on any atom is 0.252 e. The molecule has 1 heterocycles. The molecule has 1 aromatic heterocycles. The van der Waals surface area contributed by atoms with Crippen molar-refractivity contribution in [3.05, 3.63) is 49.4 Å². The van der Waals surface area contributed by atoms with Crippen molar-refractivity contribution < 1.29 is 4.79 Å². The number of carbonyl (C=O) groups excluding carboxylic acids is 1. The SMILES string of the molecule is Cc1ccc(C(=O)NC(C)c2sc(C)nc2C)c(Br)c1. The van der Waals surface area contributed by atoms with Crippen molar-refractivity contribution in [3.63, 3.8) is 0 Å². The summed E-state index contributed by atoms with van der Waals surface area (Å²) in [5.41, 5.74) is 2.76. The molecule has 2 aromatic rings. The van der Waals surface area contributed by atoms with E-state index in [1.165, 1.54) is 0 Å². The normalized spacial score (nSPS) is 12.2. The molecule has 0 aliphatic carbocycles. The first-order valence-corrected chi connectivity index (χ1v) is 8.00. The number of amides is 1. The van der Waals surface area contributed by atoms with Crippen LogP contribution in [0.3, 0.4) is 0 Å². The first kappa shape index (κ1) is 15.2. The van der Waals surface area contributed by atoms with Gasteiger partial charge >= 0.3 is 0 Å². The van der Waals surface area contributed by atoms with Crippen molar-refractivity contribution in [2.75, 3.05) is 0 Å². The highest BCUT2D eigenvalue weighted by atomic mass is 79.9. The third-order valence-corrected chi connectivity index (χ3v) is 4.96. The molecule has 1 amide bonds. The summed E-state index contributed by atoms with van der Waals surface area (Å²) in [5, 5.41) is 4.05. The van der Waals surface area contributed by atoms with Gasteiger partial charge < -0.3 is 5.32 Å². The lowest BCUT2D eigenvalue weighted by Gasteiger charge is -2.14. The second-order valence-electron chi connectivity index (χ2n) is 4.86. The average molecular weight is 353 g/mol. The van der Waals surface area contributed by atoms with Gasteiger partial charge in [0.25, 0.3) is 5.91 Å². The van der Waals surface area contributed by atoms with Crippen LogP contribution in [-0.2, 0) is 0 Å². The van der Waals surface area contributed by atoms with Crippen molar-refractivity contribution in [3.8, 4) is 0 Å². The lowest BCUT2D eigenvalue weighted by Crippen LogP contribution is -2.26. The molecule has 0 fully saturated rings.